The molecule has 0 fully saturated rings. The Bertz CT molecular complexity index is 850. The highest BCUT2D eigenvalue weighted by molar-refractivity contribution is 6.28. The molecule has 1 aliphatic carbocycles. The van der Waals surface area contributed by atoms with Crippen molar-refractivity contribution in [2.24, 2.45) is 0 Å². The van der Waals surface area contributed by atoms with Crippen molar-refractivity contribution in [2.45, 2.75) is 12.8 Å². The van der Waals surface area contributed by atoms with Crippen molar-refractivity contribution in [2.75, 3.05) is 54.5 Å². The van der Waals surface area contributed by atoms with Gasteiger partial charge in [0.1, 0.15) is 11.5 Å². The predicted molar refractivity (Wildman–Crippen MR) is 117 cm³/mol. The molecule has 0 heterocycles. The normalized spacial score (nSPS) is 12.9. The summed E-state index contributed by atoms with van der Waals surface area (Å²) in [7, 11) is 8.06. The lowest BCUT2D eigenvalue weighted by Gasteiger charge is -2.19. The van der Waals surface area contributed by atoms with Crippen LogP contribution in [-0.2, 0) is 0 Å². The van der Waals surface area contributed by atoms with Gasteiger partial charge in [-0.2, -0.15) is 0 Å². The topological polar surface area (TPSA) is 59.1 Å². The number of hydrogen-bond acceptors (Lipinski definition) is 6. The van der Waals surface area contributed by atoms with Crippen molar-refractivity contribution in [1.29, 1.82) is 0 Å². The van der Waals surface area contributed by atoms with Crippen LogP contribution in [0.1, 0.15) is 44.7 Å². The zero-order valence-corrected chi connectivity index (χ0v) is 18.2. The fraction of sp³-hybridized carbons (Fsp3) is 0.417. The lowest BCUT2D eigenvalue weighted by atomic mass is 9.84. The summed E-state index contributed by atoms with van der Waals surface area (Å²) in [6, 6.07) is 10.2. The van der Waals surface area contributed by atoms with Crippen LogP contribution in [0.3, 0.4) is 0 Å². The van der Waals surface area contributed by atoms with E-state index in [9.17, 15) is 9.59 Å². The van der Waals surface area contributed by atoms with Gasteiger partial charge in [0.25, 0.3) is 0 Å². The number of benzene rings is 2. The fourth-order valence-electron chi connectivity index (χ4n) is 3.43. The van der Waals surface area contributed by atoms with Gasteiger partial charge in [0.2, 0.25) is 0 Å². The monoisotopic (exact) mass is 410 g/mol. The third kappa shape index (κ3) is 5.26. The van der Waals surface area contributed by atoms with Crippen molar-refractivity contribution in [1.82, 2.24) is 9.80 Å². The van der Waals surface area contributed by atoms with Gasteiger partial charge < -0.3 is 19.3 Å². The molecule has 0 aromatic heterocycles. The van der Waals surface area contributed by atoms with E-state index >= 15 is 0 Å². The van der Waals surface area contributed by atoms with Gasteiger partial charge in [0, 0.05) is 35.3 Å². The van der Waals surface area contributed by atoms with E-state index in [1.807, 2.05) is 28.2 Å². The summed E-state index contributed by atoms with van der Waals surface area (Å²) in [6.45, 7) is 2.96. The Kier molecular flexibility index (Phi) is 7.24. The van der Waals surface area contributed by atoms with Crippen LogP contribution in [0.5, 0.6) is 11.5 Å². The Morgan fingerprint density at radius 3 is 1.43 bits per heavy atom. The molecule has 6 nitrogen and oxygen atoms in total. The lowest BCUT2D eigenvalue weighted by molar-refractivity contribution is 0.0978. The number of ether oxygens (including phenoxy) is 2. The summed E-state index contributed by atoms with van der Waals surface area (Å²) in [4.78, 5) is 30.2. The Hall–Kier alpha value is -2.70. The van der Waals surface area contributed by atoms with Crippen LogP contribution in [0.4, 0.5) is 0 Å². The van der Waals surface area contributed by atoms with Gasteiger partial charge in [0.05, 0.1) is 13.2 Å². The first-order valence-electron chi connectivity index (χ1n) is 10.3. The molecule has 0 N–H and O–H groups in total. The first-order valence-corrected chi connectivity index (χ1v) is 10.3. The van der Waals surface area contributed by atoms with Crippen LogP contribution in [0.15, 0.2) is 36.4 Å². The average Bonchev–Trinajstić information content (AvgIpc) is 2.72. The Morgan fingerprint density at radius 2 is 1.03 bits per heavy atom. The number of carbonyl (C=O) groups excluding carboxylic acids is 2. The second kappa shape index (κ2) is 9.87. The molecule has 160 valence electrons. The van der Waals surface area contributed by atoms with Crippen molar-refractivity contribution in [3.8, 4) is 11.5 Å². The van der Waals surface area contributed by atoms with Gasteiger partial charge in [-0.1, -0.05) is 0 Å². The van der Waals surface area contributed by atoms with Crippen LogP contribution >= 0.6 is 0 Å². The molecule has 3 rings (SSSR count). The molecule has 0 atom stereocenters. The predicted octanol–water partition coefficient (Wildman–Crippen LogP) is 3.12. The minimum Gasteiger partial charge on any atom is -0.494 e. The first-order chi connectivity index (χ1) is 14.4. The molecule has 1 aliphatic rings. The molecule has 2 aromatic carbocycles. The Balaban J connectivity index is 1.74. The van der Waals surface area contributed by atoms with Gasteiger partial charge in [-0.15, -0.1) is 0 Å². The van der Waals surface area contributed by atoms with E-state index in [0.717, 1.165) is 25.9 Å². The average molecular weight is 411 g/mol. The third-order valence-corrected chi connectivity index (χ3v) is 5.00. The van der Waals surface area contributed by atoms with Gasteiger partial charge >= 0.3 is 0 Å². The number of carbonyl (C=O) groups is 2. The molecule has 0 bridgehead atoms. The minimum atomic E-state index is -0.169. The molecule has 0 amide bonds. The molecule has 0 saturated heterocycles. The van der Waals surface area contributed by atoms with Crippen molar-refractivity contribution < 1.29 is 19.1 Å². The SMILES string of the molecule is CN(C)CCCOc1ccc2c(c1)C(=O)c1cc(OCCCN(C)C)ccc1C2=O. The van der Waals surface area contributed by atoms with Crippen LogP contribution in [-0.4, -0.2) is 75.9 Å². The number of nitrogens with zero attached hydrogens (tertiary/aromatic N) is 2. The zero-order valence-electron chi connectivity index (χ0n) is 18.2. The third-order valence-electron chi connectivity index (χ3n) is 5.00. The summed E-state index contributed by atoms with van der Waals surface area (Å²) < 4.78 is 11.6. The van der Waals surface area contributed by atoms with Gasteiger partial charge in [-0.25, -0.2) is 0 Å². The minimum absolute atomic E-state index is 0.141. The molecule has 0 spiro atoms. The van der Waals surface area contributed by atoms with Crippen LogP contribution in [0.2, 0.25) is 0 Å². The second-order valence-corrected chi connectivity index (χ2v) is 8.08. The van der Waals surface area contributed by atoms with E-state index in [1.165, 1.54) is 0 Å². The van der Waals surface area contributed by atoms with Gasteiger partial charge in [-0.05, 0) is 77.4 Å². The summed E-state index contributed by atoms with van der Waals surface area (Å²) in [6.07, 6.45) is 1.77. The van der Waals surface area contributed by atoms with E-state index in [1.54, 1.807) is 36.4 Å². The van der Waals surface area contributed by atoms with E-state index in [4.69, 9.17) is 9.47 Å². The quantitative estimate of drug-likeness (QED) is 0.479. The van der Waals surface area contributed by atoms with Gasteiger partial charge in [-0.3, -0.25) is 9.59 Å². The molecule has 0 saturated carbocycles. The molecular formula is C24H30N2O4. The molecular weight excluding hydrogens is 380 g/mol. The maximum atomic E-state index is 13.1. The van der Waals surface area contributed by atoms with E-state index in [2.05, 4.69) is 9.80 Å². The highest BCUT2D eigenvalue weighted by Crippen LogP contribution is 2.32. The molecule has 0 unspecified atom stereocenters. The molecule has 2 aromatic rings. The maximum absolute atomic E-state index is 13.1. The molecule has 30 heavy (non-hydrogen) atoms. The largest absolute Gasteiger partial charge is 0.494 e. The Labute approximate surface area is 178 Å². The maximum Gasteiger partial charge on any atom is 0.194 e. The lowest BCUT2D eigenvalue weighted by Crippen LogP contribution is -2.21. The van der Waals surface area contributed by atoms with E-state index in [0.29, 0.717) is 47.0 Å². The van der Waals surface area contributed by atoms with Crippen LogP contribution < -0.4 is 9.47 Å². The summed E-state index contributed by atoms with van der Waals surface area (Å²) in [5.74, 6) is 0.899. The molecule has 6 heteroatoms. The number of hydrogen-bond donors (Lipinski definition) is 0. The zero-order chi connectivity index (χ0) is 21.7. The molecule has 0 aliphatic heterocycles. The number of rotatable bonds is 10. The van der Waals surface area contributed by atoms with Crippen molar-refractivity contribution in [3.63, 3.8) is 0 Å². The number of fused-ring (bicyclic) bond motifs is 2. The van der Waals surface area contributed by atoms with Crippen molar-refractivity contribution >= 4 is 11.6 Å². The number of ketones is 2. The highest BCUT2D eigenvalue weighted by atomic mass is 16.5. The van der Waals surface area contributed by atoms with E-state index in [-0.39, 0.29) is 11.6 Å². The van der Waals surface area contributed by atoms with Crippen LogP contribution in [0.25, 0.3) is 0 Å². The highest BCUT2D eigenvalue weighted by Gasteiger charge is 2.30. The first kappa shape index (κ1) is 22.0. The fourth-order valence-corrected chi connectivity index (χ4v) is 3.43. The van der Waals surface area contributed by atoms with Gasteiger partial charge in [0.15, 0.2) is 11.6 Å². The smallest absolute Gasteiger partial charge is 0.194 e. The summed E-state index contributed by atoms with van der Waals surface area (Å²) in [5, 5.41) is 0. The van der Waals surface area contributed by atoms with E-state index < -0.39 is 0 Å². The summed E-state index contributed by atoms with van der Waals surface area (Å²) >= 11 is 0. The van der Waals surface area contributed by atoms with Crippen LogP contribution in [0, 0.1) is 0 Å². The second-order valence-electron chi connectivity index (χ2n) is 8.08. The Morgan fingerprint density at radius 1 is 0.633 bits per heavy atom. The standard InChI is InChI=1S/C24H30N2O4/c1-25(2)11-5-13-29-17-7-9-19-21(15-17)24(28)22-16-18(8-10-20(22)23(19)27)30-14-6-12-26(3)4/h7-10,15-16H,5-6,11-14H2,1-4H3. The van der Waals surface area contributed by atoms with Crippen molar-refractivity contribution in [3.05, 3.63) is 58.7 Å². The summed E-state index contributed by atoms with van der Waals surface area (Å²) in [5.41, 5.74) is 1.63. The molecule has 0 radical (unpaired) electrons.